The summed E-state index contributed by atoms with van der Waals surface area (Å²) in [6.07, 6.45) is 19.8. The van der Waals surface area contributed by atoms with Crippen LogP contribution in [0.25, 0.3) is 0 Å². The molecule has 9 atom stereocenters. The van der Waals surface area contributed by atoms with E-state index in [1.807, 2.05) is 13.1 Å². The third-order valence-corrected chi connectivity index (χ3v) is 17.3. The first kappa shape index (κ1) is 45.5. The van der Waals surface area contributed by atoms with E-state index in [0.717, 1.165) is 82.3 Å². The average Bonchev–Trinajstić information content (AvgIpc) is 3.45. The Morgan fingerprint density at radius 2 is 1.69 bits per heavy atom. The summed E-state index contributed by atoms with van der Waals surface area (Å²) < 4.78 is 12.9. The number of amides is 1. The van der Waals surface area contributed by atoms with Gasteiger partial charge in [-0.3, -0.25) is 24.8 Å². The number of hydrogen-bond donors (Lipinski definition) is 6. The summed E-state index contributed by atoms with van der Waals surface area (Å²) in [7, 11) is 2.04. The zero-order valence-corrected chi connectivity index (χ0v) is 39.3. The number of nitrogens with zero attached hydrogens (tertiary/aromatic N) is 3. The van der Waals surface area contributed by atoms with Gasteiger partial charge in [-0.1, -0.05) is 50.1 Å². The molecule has 2 aromatic carbocycles. The lowest BCUT2D eigenvalue weighted by Crippen LogP contribution is -2.69. The standard InChI is InChI=1S/C51H72ClN9O4/c1-31-46-40-20-21-45(54-2)57-48(40)47(55-29-44(46)65-60-31)33-10-15-36(16-11-33)64-39-26-51(27-39)22-7-23-61(30-51)49-41(32-8-5-3-4-6-9-32)25-43(58-59-49)50(62)56-35-13-18-37(19-14-35)63-38-17-12-34(28-53)42(52)24-38/h10-12,15-17,24,31-32,35,37,39-41,43-46,48-49,54,57-60H,3-9,13-14,18-23,25-27,29-30H2,1-2H3,(H,56,62). The van der Waals surface area contributed by atoms with Crippen LogP contribution in [0.2, 0.25) is 5.02 Å². The van der Waals surface area contributed by atoms with Gasteiger partial charge in [-0.15, -0.1) is 0 Å². The predicted molar refractivity (Wildman–Crippen MR) is 252 cm³/mol. The number of hydroxylamine groups is 1. The van der Waals surface area contributed by atoms with Crippen LogP contribution in [0.4, 0.5) is 0 Å². The van der Waals surface area contributed by atoms with Crippen molar-refractivity contribution in [1.82, 2.24) is 37.2 Å². The van der Waals surface area contributed by atoms with Crippen LogP contribution in [0, 0.1) is 40.4 Å². The van der Waals surface area contributed by atoms with Crippen LogP contribution in [0.15, 0.2) is 47.5 Å². The molecule has 6 N–H and O–H groups in total. The molecule has 0 bridgehead atoms. The minimum atomic E-state index is -0.254. The molecule has 5 aliphatic heterocycles. The number of likely N-dealkylation sites (tertiary alicyclic amines) is 1. The van der Waals surface area contributed by atoms with E-state index in [2.05, 4.69) is 74.4 Å². The predicted octanol–water partition coefficient (Wildman–Crippen LogP) is 6.75. The first-order valence-corrected chi connectivity index (χ1v) is 25.7. The van der Waals surface area contributed by atoms with Crippen LogP contribution in [-0.4, -0.2) is 98.0 Å². The fraction of sp³-hybridized carbons (Fsp3) is 0.706. The van der Waals surface area contributed by atoms with Gasteiger partial charge in [-0.2, -0.15) is 10.7 Å². The third kappa shape index (κ3) is 9.98. The number of hydrogen-bond acceptors (Lipinski definition) is 12. The zero-order chi connectivity index (χ0) is 44.5. The molecule has 1 spiro atoms. The molecule has 3 aliphatic carbocycles. The van der Waals surface area contributed by atoms with Crippen LogP contribution >= 0.6 is 11.6 Å². The highest BCUT2D eigenvalue weighted by Crippen LogP contribution is 2.50. The van der Waals surface area contributed by atoms with E-state index in [0.29, 0.717) is 52.6 Å². The summed E-state index contributed by atoms with van der Waals surface area (Å²) in [6.45, 7) is 5.10. The van der Waals surface area contributed by atoms with Crippen molar-refractivity contribution in [2.24, 2.45) is 34.1 Å². The maximum Gasteiger partial charge on any atom is 0.238 e. The molecule has 7 fully saturated rings. The summed E-state index contributed by atoms with van der Waals surface area (Å²) in [5.74, 6) is 3.68. The number of nitrogens with one attached hydrogen (secondary N) is 6. The second-order valence-electron chi connectivity index (χ2n) is 21.1. The highest BCUT2D eigenvalue weighted by atomic mass is 35.5. The van der Waals surface area contributed by atoms with E-state index in [1.165, 1.54) is 56.9 Å². The molecule has 5 heterocycles. The van der Waals surface area contributed by atoms with Gasteiger partial charge < -0.3 is 20.1 Å². The smallest absolute Gasteiger partial charge is 0.238 e. The van der Waals surface area contributed by atoms with Gasteiger partial charge in [0.05, 0.1) is 53.4 Å². The normalized spacial score (nSPS) is 37.9. The second kappa shape index (κ2) is 20.1. The van der Waals surface area contributed by atoms with Crippen LogP contribution in [0.3, 0.4) is 0 Å². The van der Waals surface area contributed by atoms with E-state index >= 15 is 0 Å². The number of aliphatic imine (C=N–C) groups is 1. The highest BCUT2D eigenvalue weighted by Gasteiger charge is 2.52. The van der Waals surface area contributed by atoms with E-state index in [9.17, 15) is 10.1 Å². The fourth-order valence-electron chi connectivity index (χ4n) is 13.6. The van der Waals surface area contributed by atoms with E-state index < -0.39 is 0 Å². The Hall–Kier alpha value is -3.32. The van der Waals surface area contributed by atoms with Gasteiger partial charge in [0.1, 0.15) is 29.7 Å². The van der Waals surface area contributed by atoms with Gasteiger partial charge in [0.15, 0.2) is 0 Å². The Morgan fingerprint density at radius 1 is 0.923 bits per heavy atom. The van der Waals surface area contributed by atoms with Crippen molar-refractivity contribution < 1.29 is 19.1 Å². The minimum Gasteiger partial charge on any atom is -0.490 e. The molecule has 1 amide bonds. The van der Waals surface area contributed by atoms with Crippen molar-refractivity contribution in [3.8, 4) is 17.6 Å². The molecule has 8 aliphatic rings. The molecular weight excluding hydrogens is 838 g/mol. The topological polar surface area (TPSA) is 156 Å². The molecule has 0 aromatic heterocycles. The number of hydrazine groups is 1. The van der Waals surface area contributed by atoms with Crippen molar-refractivity contribution >= 4 is 23.2 Å². The maximum absolute atomic E-state index is 14.0. The molecule has 4 saturated heterocycles. The zero-order valence-electron chi connectivity index (χ0n) is 38.5. The molecule has 65 heavy (non-hydrogen) atoms. The molecule has 13 nitrogen and oxygen atoms in total. The van der Waals surface area contributed by atoms with E-state index in [1.54, 1.807) is 12.1 Å². The Labute approximate surface area is 391 Å². The van der Waals surface area contributed by atoms with Gasteiger partial charge in [0, 0.05) is 30.6 Å². The SMILES string of the molecule is CNC1CCC2C(N1)C(c1ccc(OC3CC4(CCCN(C5NNC(C(=O)NC6CCC(Oc7ccc(C#N)c(Cl)c7)CC6)CC5C5CCCCCC5)C4)C3)cc1)=NCC1ONC(C)C12. The number of piperidine rings is 2. The van der Waals surface area contributed by atoms with Gasteiger partial charge in [0.2, 0.25) is 5.91 Å². The summed E-state index contributed by atoms with van der Waals surface area (Å²) in [5, 5.41) is 20.4. The van der Waals surface area contributed by atoms with Crippen LogP contribution in [0.5, 0.6) is 11.5 Å². The molecule has 0 radical (unpaired) electrons. The number of carbonyl (C=O) groups is 1. The molecule has 10 rings (SSSR count). The van der Waals surface area contributed by atoms with Gasteiger partial charge in [-0.25, -0.2) is 10.9 Å². The van der Waals surface area contributed by atoms with Crippen molar-refractivity contribution in [3.63, 3.8) is 0 Å². The molecule has 9 unspecified atom stereocenters. The number of carbonyl (C=O) groups excluding carboxylic acids is 1. The largest absolute Gasteiger partial charge is 0.490 e. The summed E-state index contributed by atoms with van der Waals surface area (Å²) in [5.41, 5.74) is 13.6. The Bertz CT molecular complexity index is 2030. The number of benzene rings is 2. The van der Waals surface area contributed by atoms with Gasteiger partial charge >= 0.3 is 0 Å². The molecule has 3 saturated carbocycles. The first-order chi connectivity index (χ1) is 31.7. The third-order valence-electron chi connectivity index (χ3n) is 17.0. The molecule has 14 heteroatoms. The molecular formula is C51H72ClN9O4. The number of ether oxygens (including phenoxy) is 2. The highest BCUT2D eigenvalue weighted by molar-refractivity contribution is 6.31. The van der Waals surface area contributed by atoms with E-state index in [-0.39, 0.29) is 60.1 Å². The van der Waals surface area contributed by atoms with Crippen molar-refractivity contribution in [2.75, 3.05) is 26.7 Å². The lowest BCUT2D eigenvalue weighted by molar-refractivity contribution is -0.129. The Balaban J connectivity index is 0.735. The summed E-state index contributed by atoms with van der Waals surface area (Å²) in [4.78, 5) is 28.0. The first-order valence-electron chi connectivity index (χ1n) is 25.3. The fourth-order valence-corrected chi connectivity index (χ4v) is 13.8. The monoisotopic (exact) mass is 910 g/mol. The number of halogens is 1. The van der Waals surface area contributed by atoms with Crippen LogP contribution < -0.4 is 41.8 Å². The average molecular weight is 911 g/mol. The Kier molecular flexibility index (Phi) is 14.1. The van der Waals surface area contributed by atoms with Gasteiger partial charge in [0.25, 0.3) is 0 Å². The summed E-state index contributed by atoms with van der Waals surface area (Å²) >= 11 is 6.25. The van der Waals surface area contributed by atoms with Crippen molar-refractivity contribution in [3.05, 3.63) is 58.6 Å². The van der Waals surface area contributed by atoms with Gasteiger partial charge in [-0.05, 0) is 156 Å². The second-order valence-corrected chi connectivity index (χ2v) is 21.5. The lowest BCUT2D eigenvalue weighted by Gasteiger charge is -2.56. The lowest BCUT2D eigenvalue weighted by atomic mass is 9.62. The summed E-state index contributed by atoms with van der Waals surface area (Å²) in [6, 6.07) is 16.5. The number of nitriles is 1. The Morgan fingerprint density at radius 3 is 2.45 bits per heavy atom. The van der Waals surface area contributed by atoms with Crippen LogP contribution in [-0.2, 0) is 9.63 Å². The van der Waals surface area contributed by atoms with E-state index in [4.69, 9.17) is 30.9 Å². The minimum absolute atomic E-state index is 0.0685. The maximum atomic E-state index is 14.0. The van der Waals surface area contributed by atoms with Crippen LogP contribution in [0.1, 0.15) is 127 Å². The molecule has 2 aromatic rings. The van der Waals surface area contributed by atoms with Crippen molar-refractivity contribution in [1.29, 1.82) is 5.26 Å². The number of rotatable bonds is 10. The number of fused-ring (bicyclic) bond motifs is 3. The molecule has 352 valence electrons. The quantitative estimate of drug-likeness (QED) is 0.140. The van der Waals surface area contributed by atoms with Crippen molar-refractivity contribution in [2.45, 2.75) is 171 Å².